The van der Waals surface area contributed by atoms with Crippen LogP contribution in [0, 0.1) is 6.92 Å². The van der Waals surface area contributed by atoms with Crippen molar-refractivity contribution in [3.05, 3.63) is 93.5 Å². The molecule has 192 valence electrons. The summed E-state index contributed by atoms with van der Waals surface area (Å²) < 4.78 is 27.2. The topological polar surface area (TPSA) is 80.0 Å². The minimum atomic E-state index is -3.19. The Bertz CT molecular complexity index is 1450. The van der Waals surface area contributed by atoms with Gasteiger partial charge in [-0.1, -0.05) is 54.6 Å². The molecule has 0 spiro atoms. The summed E-state index contributed by atoms with van der Waals surface area (Å²) in [5.41, 5.74) is 6.50. The Hall–Kier alpha value is -3.56. The van der Waals surface area contributed by atoms with Crippen LogP contribution >= 0.6 is 23.2 Å². The minimum absolute atomic E-state index is 0.0790. The molecule has 0 saturated carbocycles. The summed E-state index contributed by atoms with van der Waals surface area (Å²) in [6.07, 6.45) is 0.398. The molecule has 1 aliphatic heterocycles. The van der Waals surface area contributed by atoms with Crippen LogP contribution in [-0.2, 0) is 12.5 Å². The van der Waals surface area contributed by atoms with Crippen molar-refractivity contribution in [2.75, 3.05) is 12.4 Å². The second kappa shape index (κ2) is 10.4. The quantitative estimate of drug-likeness (QED) is 0.323. The number of nitrogens with zero attached hydrogens (tertiary/aromatic N) is 5. The molecule has 0 aliphatic carbocycles. The normalized spacial score (nSPS) is 13.5. The van der Waals surface area contributed by atoms with E-state index < -0.39 is 11.7 Å². The maximum absolute atomic E-state index is 13.6. The third kappa shape index (κ3) is 5.73. The van der Waals surface area contributed by atoms with Crippen molar-refractivity contribution in [2.24, 2.45) is 4.99 Å². The number of tetrazole rings is 1. The van der Waals surface area contributed by atoms with Crippen LogP contribution in [0.15, 0.2) is 65.9 Å². The van der Waals surface area contributed by atoms with Crippen molar-refractivity contribution in [2.45, 2.75) is 32.7 Å². The number of alkyl halides is 2. The molecule has 37 heavy (non-hydrogen) atoms. The molecule has 4 rings (SSSR count). The molecule has 1 aliphatic rings. The van der Waals surface area contributed by atoms with E-state index in [-0.39, 0.29) is 6.54 Å². The van der Waals surface area contributed by atoms with E-state index in [1.165, 1.54) is 0 Å². The second-order valence-electron chi connectivity index (χ2n) is 8.67. The zero-order valence-corrected chi connectivity index (χ0v) is 22.1. The molecule has 0 unspecified atom stereocenters. The smallest absolute Gasteiger partial charge is 0.307 e. The van der Waals surface area contributed by atoms with E-state index in [4.69, 9.17) is 28.2 Å². The third-order valence-electron chi connectivity index (χ3n) is 5.79. The van der Waals surface area contributed by atoms with Gasteiger partial charge in [-0.25, -0.2) is 0 Å². The highest BCUT2D eigenvalue weighted by molar-refractivity contribution is 6.32. The second-order valence-corrected chi connectivity index (χ2v) is 9.51. The summed E-state index contributed by atoms with van der Waals surface area (Å²) in [6, 6.07) is 11.1. The molecule has 1 aromatic heterocycles. The summed E-state index contributed by atoms with van der Waals surface area (Å²) in [5, 5.41) is 18.6. The van der Waals surface area contributed by atoms with E-state index in [9.17, 15) is 8.78 Å². The van der Waals surface area contributed by atoms with Crippen LogP contribution in [0.4, 0.5) is 14.5 Å². The predicted octanol–water partition coefficient (Wildman–Crippen LogP) is 6.47. The molecule has 2 heterocycles. The van der Waals surface area contributed by atoms with Crippen LogP contribution in [0.3, 0.4) is 0 Å². The fourth-order valence-corrected chi connectivity index (χ4v) is 4.49. The van der Waals surface area contributed by atoms with E-state index >= 15 is 0 Å². The van der Waals surface area contributed by atoms with Crippen LogP contribution in [0.5, 0.6) is 0 Å². The minimum Gasteiger partial charge on any atom is -0.388 e. The molecule has 0 amide bonds. The highest BCUT2D eigenvalue weighted by Crippen LogP contribution is 2.38. The number of aliphatic imine (C=N–C) groups is 1. The lowest BCUT2D eigenvalue weighted by Crippen LogP contribution is -2.14. The fourth-order valence-electron chi connectivity index (χ4n) is 3.96. The van der Waals surface area contributed by atoms with E-state index in [2.05, 4.69) is 39.2 Å². The summed E-state index contributed by atoms with van der Waals surface area (Å²) in [7, 11) is 1.78. The average molecular weight is 544 g/mol. The zero-order valence-electron chi connectivity index (χ0n) is 20.5. The maximum Gasteiger partial charge on any atom is 0.307 e. The van der Waals surface area contributed by atoms with Crippen molar-refractivity contribution in [1.29, 1.82) is 0 Å². The van der Waals surface area contributed by atoms with Gasteiger partial charge >= 0.3 is 5.92 Å². The number of anilines is 1. The van der Waals surface area contributed by atoms with E-state index in [1.54, 1.807) is 13.1 Å². The van der Waals surface area contributed by atoms with Gasteiger partial charge < -0.3 is 10.6 Å². The summed E-state index contributed by atoms with van der Waals surface area (Å²) in [4.78, 5) is 5.89. The number of allylic oxidation sites excluding steroid dienone is 1. The van der Waals surface area contributed by atoms with E-state index in [0.717, 1.165) is 39.7 Å². The Balaban J connectivity index is 1.71. The lowest BCUT2D eigenvalue weighted by atomic mass is 9.99. The van der Waals surface area contributed by atoms with Gasteiger partial charge in [-0.3, -0.25) is 4.99 Å². The van der Waals surface area contributed by atoms with Gasteiger partial charge in [-0.2, -0.15) is 13.6 Å². The lowest BCUT2D eigenvalue weighted by molar-refractivity contribution is 0.00741. The van der Waals surface area contributed by atoms with Crippen molar-refractivity contribution in [3.8, 4) is 0 Å². The number of aryl methyl sites for hydroxylation is 1. The average Bonchev–Trinajstić information content (AvgIpc) is 3.48. The first-order chi connectivity index (χ1) is 17.5. The van der Waals surface area contributed by atoms with Gasteiger partial charge in [0.2, 0.25) is 5.82 Å². The highest BCUT2D eigenvalue weighted by Gasteiger charge is 2.31. The van der Waals surface area contributed by atoms with Crippen LogP contribution in [0.2, 0.25) is 10.0 Å². The first kappa shape index (κ1) is 26.5. The van der Waals surface area contributed by atoms with Crippen LogP contribution in [-0.4, -0.2) is 33.0 Å². The van der Waals surface area contributed by atoms with Crippen LogP contribution in [0.1, 0.15) is 35.9 Å². The summed E-state index contributed by atoms with van der Waals surface area (Å²) in [5.74, 6) is -3.84. The Kier molecular flexibility index (Phi) is 7.47. The number of hydrogen-bond acceptors (Lipinski definition) is 6. The molecule has 0 bridgehead atoms. The SMILES string of the molecule is C=C(Nc1c(C)cc(Cl)cc1C(=C)NC)C1=C(c2ccccc2Cl)CC(Cn2nnc(C(C)(F)F)n2)=N1. The summed E-state index contributed by atoms with van der Waals surface area (Å²) >= 11 is 12.8. The molecule has 0 radical (unpaired) electrons. The molecule has 2 aromatic carbocycles. The van der Waals surface area contributed by atoms with E-state index in [1.807, 2.05) is 37.3 Å². The Labute approximate surface area is 223 Å². The molecule has 0 fully saturated rings. The Morgan fingerprint density at radius 3 is 2.54 bits per heavy atom. The molecule has 0 atom stereocenters. The Morgan fingerprint density at radius 1 is 1.16 bits per heavy atom. The lowest BCUT2D eigenvalue weighted by Gasteiger charge is -2.19. The molecular weight excluding hydrogens is 519 g/mol. The summed E-state index contributed by atoms with van der Waals surface area (Å²) in [6.45, 7) is 11.1. The molecule has 7 nitrogen and oxygen atoms in total. The van der Waals surface area contributed by atoms with Crippen molar-refractivity contribution < 1.29 is 8.78 Å². The van der Waals surface area contributed by atoms with Gasteiger partial charge in [-0.05, 0) is 47.0 Å². The van der Waals surface area contributed by atoms with Gasteiger partial charge in [0, 0.05) is 47.4 Å². The molecular formula is C26H25Cl2F2N7. The van der Waals surface area contributed by atoms with Gasteiger partial charge in [0.15, 0.2) is 0 Å². The van der Waals surface area contributed by atoms with Crippen LogP contribution in [0.25, 0.3) is 11.3 Å². The number of hydrogen-bond donors (Lipinski definition) is 2. The molecule has 11 heteroatoms. The monoisotopic (exact) mass is 543 g/mol. The largest absolute Gasteiger partial charge is 0.388 e. The zero-order chi connectivity index (χ0) is 26.9. The third-order valence-corrected chi connectivity index (χ3v) is 6.34. The molecule has 3 aromatic rings. The maximum atomic E-state index is 13.6. The standard InChI is InChI=1S/C26H25Cl2F2N7/c1-14-10-17(27)11-20(15(2)31-5)23(14)32-16(3)24-21(19-8-6-7-9-22(19)28)12-18(33-24)13-37-35-25(34-36-37)26(4,29)30/h6-11,31-32H,2-3,12-13H2,1,4-5H3. The highest BCUT2D eigenvalue weighted by atomic mass is 35.5. The number of nitrogens with one attached hydrogen (secondary N) is 2. The van der Waals surface area contributed by atoms with Gasteiger partial charge in [0.05, 0.1) is 17.1 Å². The van der Waals surface area contributed by atoms with Gasteiger partial charge in [0.1, 0.15) is 6.54 Å². The van der Waals surface area contributed by atoms with E-state index in [0.29, 0.717) is 39.3 Å². The van der Waals surface area contributed by atoms with Crippen molar-refractivity contribution in [3.63, 3.8) is 0 Å². The van der Waals surface area contributed by atoms with Crippen LogP contribution < -0.4 is 10.6 Å². The van der Waals surface area contributed by atoms with Gasteiger partial charge in [0.25, 0.3) is 0 Å². The number of benzene rings is 2. The molecule has 2 N–H and O–H groups in total. The van der Waals surface area contributed by atoms with Crippen molar-refractivity contribution in [1.82, 2.24) is 25.5 Å². The van der Waals surface area contributed by atoms with Crippen molar-refractivity contribution >= 4 is 45.9 Å². The van der Waals surface area contributed by atoms with Gasteiger partial charge in [-0.15, -0.1) is 10.2 Å². The Morgan fingerprint density at radius 2 is 1.89 bits per heavy atom. The fraction of sp³-hybridized carbons (Fsp3) is 0.231. The first-order valence-corrected chi connectivity index (χ1v) is 12.1. The number of aromatic nitrogens is 4. The first-order valence-electron chi connectivity index (χ1n) is 11.3. The number of halogens is 4. The number of rotatable bonds is 9. The molecule has 0 saturated heterocycles. The predicted molar refractivity (Wildman–Crippen MR) is 145 cm³/mol.